The lowest BCUT2D eigenvalue weighted by Crippen LogP contribution is -2.29. The first-order valence-electron chi connectivity index (χ1n) is 9.18. The highest BCUT2D eigenvalue weighted by molar-refractivity contribution is 5.97. The van der Waals surface area contributed by atoms with Gasteiger partial charge < -0.3 is 45.6 Å². The van der Waals surface area contributed by atoms with E-state index in [0.29, 0.717) is 0 Å². The fourth-order valence-corrected chi connectivity index (χ4v) is 3.31. The Morgan fingerprint density at radius 1 is 0.719 bits per heavy atom. The summed E-state index contributed by atoms with van der Waals surface area (Å²) in [7, 11) is 0. The second kappa shape index (κ2) is 7.59. The average Bonchev–Trinajstić information content (AvgIpc) is 2.63. The number of aromatic hydroxyl groups is 6. The molecular formula is C21H24O11. The van der Waals surface area contributed by atoms with Gasteiger partial charge in [0.15, 0.2) is 23.0 Å². The molecule has 0 aliphatic heterocycles. The molecule has 2 aromatic rings. The predicted molar refractivity (Wildman–Crippen MR) is 109 cm³/mol. The minimum absolute atomic E-state index is 0.0894. The maximum atomic E-state index is 11.9. The predicted octanol–water partition coefficient (Wildman–Crippen LogP) is 2.93. The quantitative estimate of drug-likeness (QED) is 0.244. The molecule has 0 unspecified atom stereocenters. The highest BCUT2D eigenvalue weighted by atomic mass is 16.5. The maximum Gasteiger partial charge on any atom is 0.343 e. The van der Waals surface area contributed by atoms with Crippen LogP contribution in [0.5, 0.6) is 40.2 Å². The molecule has 0 aliphatic rings. The molecule has 0 saturated heterocycles. The fourth-order valence-electron chi connectivity index (χ4n) is 3.31. The van der Waals surface area contributed by atoms with Gasteiger partial charge in [0.25, 0.3) is 0 Å². The third kappa shape index (κ3) is 3.84. The van der Waals surface area contributed by atoms with E-state index >= 15 is 0 Å². The van der Waals surface area contributed by atoms with Crippen LogP contribution in [0.2, 0.25) is 0 Å². The van der Waals surface area contributed by atoms with Gasteiger partial charge in [0, 0.05) is 5.56 Å². The number of aromatic carboxylic acids is 2. The van der Waals surface area contributed by atoms with E-state index < -0.39 is 79.9 Å². The van der Waals surface area contributed by atoms with Crippen molar-refractivity contribution in [1.82, 2.24) is 0 Å². The molecule has 2 rings (SSSR count). The molecule has 8 N–H and O–H groups in total. The van der Waals surface area contributed by atoms with Crippen molar-refractivity contribution in [1.29, 1.82) is 0 Å². The van der Waals surface area contributed by atoms with Crippen LogP contribution in [-0.2, 0) is 11.0 Å². The van der Waals surface area contributed by atoms with Crippen molar-refractivity contribution in [3.05, 3.63) is 28.3 Å². The summed E-state index contributed by atoms with van der Waals surface area (Å²) >= 11 is 0. The van der Waals surface area contributed by atoms with Crippen LogP contribution in [0, 0.1) is 0 Å². The molecule has 32 heavy (non-hydrogen) atoms. The molecule has 0 aromatic heterocycles. The molecule has 0 fully saturated rings. The first-order chi connectivity index (χ1) is 14.4. The molecular weight excluding hydrogens is 428 g/mol. The topological polar surface area (TPSA) is 205 Å². The lowest BCUT2D eigenvalue weighted by Gasteiger charge is -2.31. The number of carboxylic acids is 2. The van der Waals surface area contributed by atoms with Crippen molar-refractivity contribution in [2.45, 2.75) is 45.6 Å². The molecule has 0 atom stereocenters. The number of carbonyl (C=O) groups is 2. The Bertz CT molecular complexity index is 1120. The van der Waals surface area contributed by atoms with Crippen LogP contribution in [0.25, 0.3) is 0 Å². The van der Waals surface area contributed by atoms with Crippen LogP contribution in [0.1, 0.15) is 66.5 Å². The molecule has 174 valence electrons. The molecule has 0 heterocycles. The van der Waals surface area contributed by atoms with Crippen LogP contribution in [0.3, 0.4) is 0 Å². The highest BCUT2D eigenvalue weighted by Gasteiger charge is 2.40. The Morgan fingerprint density at radius 2 is 1.19 bits per heavy atom. The van der Waals surface area contributed by atoms with Crippen molar-refractivity contribution < 1.29 is 55.2 Å². The van der Waals surface area contributed by atoms with Crippen LogP contribution in [0.4, 0.5) is 0 Å². The zero-order valence-corrected chi connectivity index (χ0v) is 17.9. The second-order valence-electron chi connectivity index (χ2n) is 8.61. The van der Waals surface area contributed by atoms with Crippen molar-refractivity contribution in [2.75, 3.05) is 0 Å². The number of hydrogen-bond donors (Lipinski definition) is 8. The lowest BCUT2D eigenvalue weighted by molar-refractivity contribution is 0.0622. The van der Waals surface area contributed by atoms with Gasteiger partial charge in [-0.25, -0.2) is 9.59 Å². The summed E-state index contributed by atoms with van der Waals surface area (Å²) < 4.78 is 5.56. The van der Waals surface area contributed by atoms with Crippen molar-refractivity contribution in [2.24, 2.45) is 0 Å². The Morgan fingerprint density at radius 3 is 1.62 bits per heavy atom. The molecule has 0 spiro atoms. The van der Waals surface area contributed by atoms with Crippen LogP contribution < -0.4 is 4.74 Å². The zero-order chi connectivity index (χ0) is 24.9. The van der Waals surface area contributed by atoms with Crippen molar-refractivity contribution in [3.8, 4) is 40.2 Å². The van der Waals surface area contributed by atoms with E-state index in [4.69, 9.17) is 4.74 Å². The number of carboxylic acid groups (broad SMARTS) is 2. The van der Waals surface area contributed by atoms with Crippen molar-refractivity contribution >= 4 is 11.9 Å². The van der Waals surface area contributed by atoms with Gasteiger partial charge >= 0.3 is 11.9 Å². The summed E-state index contributed by atoms with van der Waals surface area (Å²) in [6.45, 7) is 7.28. The Balaban J connectivity index is 2.86. The standard InChI is InChI=1S/C21H24O11/c1-20(2,3)7-6-8(22)17(10(12(7)23)19(30)31)32-21(4,5)11-9(18(28)29)13(24)15(26)16(27)14(11)25/h6,22-27H,1-5H3,(H,28,29)(H,30,31). The molecule has 0 saturated carbocycles. The number of benzene rings is 2. The van der Waals surface area contributed by atoms with E-state index in [-0.39, 0.29) is 5.56 Å². The number of hydrogen-bond acceptors (Lipinski definition) is 9. The summed E-state index contributed by atoms with van der Waals surface area (Å²) in [5.41, 5.74) is -5.30. The highest BCUT2D eigenvalue weighted by Crippen LogP contribution is 2.52. The molecule has 11 heteroatoms. The summed E-state index contributed by atoms with van der Waals surface area (Å²) in [4.78, 5) is 23.6. The normalized spacial score (nSPS) is 11.9. The minimum atomic E-state index is -2.03. The Labute approximate surface area is 182 Å². The van der Waals surface area contributed by atoms with Crippen molar-refractivity contribution in [3.63, 3.8) is 0 Å². The van der Waals surface area contributed by atoms with E-state index in [9.17, 15) is 50.4 Å². The third-order valence-corrected chi connectivity index (χ3v) is 4.82. The third-order valence-electron chi connectivity index (χ3n) is 4.82. The van der Waals surface area contributed by atoms with E-state index in [1.165, 1.54) is 0 Å². The first kappa shape index (κ1) is 24.3. The van der Waals surface area contributed by atoms with Crippen LogP contribution >= 0.6 is 0 Å². The largest absolute Gasteiger partial charge is 0.507 e. The Hall–Kier alpha value is -4.02. The summed E-state index contributed by atoms with van der Waals surface area (Å²) in [5, 5.41) is 80.1. The lowest BCUT2D eigenvalue weighted by atomic mass is 9.84. The fraction of sp³-hybridized carbons (Fsp3) is 0.333. The summed E-state index contributed by atoms with van der Waals surface area (Å²) in [6.07, 6.45) is 0. The maximum absolute atomic E-state index is 11.9. The monoisotopic (exact) mass is 452 g/mol. The number of ether oxygens (including phenoxy) is 1. The van der Waals surface area contributed by atoms with Gasteiger partial charge in [0.2, 0.25) is 11.5 Å². The van der Waals surface area contributed by atoms with E-state index in [1.807, 2.05) is 0 Å². The van der Waals surface area contributed by atoms with E-state index in [0.717, 1.165) is 19.9 Å². The van der Waals surface area contributed by atoms with Gasteiger partial charge in [-0.05, 0) is 25.3 Å². The van der Waals surface area contributed by atoms with Crippen LogP contribution in [-0.4, -0.2) is 52.8 Å². The zero-order valence-electron chi connectivity index (χ0n) is 17.9. The summed E-state index contributed by atoms with van der Waals surface area (Å²) in [5.74, 6) is -10.6. The molecule has 0 radical (unpaired) electrons. The molecule has 2 aromatic carbocycles. The van der Waals surface area contributed by atoms with Gasteiger partial charge in [-0.1, -0.05) is 20.8 Å². The van der Waals surface area contributed by atoms with Gasteiger partial charge in [-0.3, -0.25) is 0 Å². The second-order valence-corrected chi connectivity index (χ2v) is 8.61. The first-order valence-corrected chi connectivity index (χ1v) is 9.18. The SMILES string of the molecule is CC(C)(C)c1cc(O)c(OC(C)(C)c2c(O)c(O)c(O)c(O)c2C(=O)O)c(C(=O)O)c1O. The smallest absolute Gasteiger partial charge is 0.343 e. The number of rotatable bonds is 5. The minimum Gasteiger partial charge on any atom is -0.507 e. The van der Waals surface area contributed by atoms with E-state index in [2.05, 4.69) is 0 Å². The Kier molecular flexibility index (Phi) is 5.75. The molecule has 0 bridgehead atoms. The summed E-state index contributed by atoms with van der Waals surface area (Å²) in [6, 6.07) is 1.08. The van der Waals surface area contributed by atoms with Gasteiger partial charge in [0.05, 0.1) is 5.56 Å². The number of phenolic OH excluding ortho intramolecular Hbond substituents is 4. The average molecular weight is 452 g/mol. The molecule has 11 nitrogen and oxygen atoms in total. The van der Waals surface area contributed by atoms with Crippen LogP contribution in [0.15, 0.2) is 6.07 Å². The number of phenols is 6. The van der Waals surface area contributed by atoms with Gasteiger partial charge in [-0.2, -0.15) is 0 Å². The van der Waals surface area contributed by atoms with Gasteiger partial charge in [0.1, 0.15) is 22.5 Å². The van der Waals surface area contributed by atoms with E-state index in [1.54, 1.807) is 20.8 Å². The van der Waals surface area contributed by atoms with Gasteiger partial charge in [-0.15, -0.1) is 0 Å². The molecule has 0 aliphatic carbocycles. The molecule has 0 amide bonds.